The molecule has 1 saturated heterocycles. The Morgan fingerprint density at radius 2 is 1.90 bits per heavy atom. The zero-order valence-electron chi connectivity index (χ0n) is 16.5. The second-order valence-corrected chi connectivity index (χ2v) is 10.3. The number of nitrogens with zero attached hydrogens (tertiary/aromatic N) is 1. The van der Waals surface area contributed by atoms with Crippen LogP contribution in [-0.4, -0.2) is 38.6 Å². The molecule has 2 aromatic carbocycles. The van der Waals surface area contributed by atoms with E-state index < -0.39 is 10.0 Å². The Kier molecular flexibility index (Phi) is 7.27. The van der Waals surface area contributed by atoms with Crippen LogP contribution in [0.5, 0.6) is 0 Å². The number of amides is 1. The van der Waals surface area contributed by atoms with Gasteiger partial charge in [-0.2, -0.15) is 0 Å². The first-order chi connectivity index (χ1) is 13.8. The fourth-order valence-electron chi connectivity index (χ4n) is 3.30. The van der Waals surface area contributed by atoms with Gasteiger partial charge in [-0.15, -0.1) is 11.8 Å². The first-order valence-electron chi connectivity index (χ1n) is 9.52. The number of piperidine rings is 1. The van der Waals surface area contributed by atoms with Crippen LogP contribution < -0.4 is 4.72 Å². The molecule has 1 fully saturated rings. The molecule has 1 N–H and O–H groups in total. The Balaban J connectivity index is 1.83. The van der Waals surface area contributed by atoms with Gasteiger partial charge in [0.05, 0.1) is 10.5 Å². The van der Waals surface area contributed by atoms with Crippen molar-refractivity contribution in [3.8, 4) is 0 Å². The maximum atomic E-state index is 13.1. The first-order valence-corrected chi connectivity index (χ1v) is 12.6. The predicted octanol–water partition coefficient (Wildman–Crippen LogP) is 4.41. The van der Waals surface area contributed by atoms with Crippen molar-refractivity contribution in [2.45, 2.75) is 36.1 Å². The highest BCUT2D eigenvalue weighted by Gasteiger charge is 2.25. The molecule has 2 aromatic rings. The average Bonchev–Trinajstić information content (AvgIpc) is 2.72. The number of benzene rings is 2. The summed E-state index contributed by atoms with van der Waals surface area (Å²) < 4.78 is 28.2. The van der Waals surface area contributed by atoms with E-state index in [9.17, 15) is 13.2 Å². The van der Waals surface area contributed by atoms with Gasteiger partial charge in [-0.3, -0.25) is 4.79 Å². The van der Waals surface area contributed by atoms with E-state index in [1.54, 1.807) is 30.3 Å². The highest BCUT2D eigenvalue weighted by atomic mass is 35.5. The molecule has 1 amide bonds. The normalized spacial score (nSPS) is 15.5. The van der Waals surface area contributed by atoms with Crippen LogP contribution in [-0.2, 0) is 16.6 Å². The molecule has 1 heterocycles. The lowest BCUT2D eigenvalue weighted by molar-refractivity contribution is 0.0693. The third-order valence-electron chi connectivity index (χ3n) is 5.19. The second-order valence-electron chi connectivity index (χ2n) is 7.25. The van der Waals surface area contributed by atoms with Gasteiger partial charge in [0, 0.05) is 29.6 Å². The monoisotopic (exact) mass is 452 g/mol. The summed E-state index contributed by atoms with van der Waals surface area (Å²) in [6.45, 7) is 3.68. The van der Waals surface area contributed by atoms with Crippen LogP contribution in [0.25, 0.3) is 0 Å². The smallest absolute Gasteiger partial charge is 0.255 e. The van der Waals surface area contributed by atoms with Crippen molar-refractivity contribution >= 4 is 39.3 Å². The number of hydrogen-bond donors (Lipinski definition) is 1. The Morgan fingerprint density at radius 3 is 2.55 bits per heavy atom. The molecule has 1 aliphatic heterocycles. The fraction of sp³-hybridized carbons (Fsp3) is 0.381. The maximum Gasteiger partial charge on any atom is 0.255 e. The molecule has 0 aliphatic carbocycles. The minimum Gasteiger partial charge on any atom is -0.339 e. The third-order valence-corrected chi connectivity index (χ3v) is 7.76. The Hall–Kier alpha value is -1.54. The first kappa shape index (κ1) is 22.2. The van der Waals surface area contributed by atoms with Gasteiger partial charge < -0.3 is 4.90 Å². The van der Waals surface area contributed by atoms with Gasteiger partial charge in [-0.05, 0) is 54.8 Å². The van der Waals surface area contributed by atoms with Gasteiger partial charge in [0.2, 0.25) is 10.0 Å². The van der Waals surface area contributed by atoms with E-state index in [1.165, 1.54) is 23.9 Å². The lowest BCUT2D eigenvalue weighted by Crippen LogP contribution is -2.38. The summed E-state index contributed by atoms with van der Waals surface area (Å²) in [6.07, 6.45) is 3.82. The summed E-state index contributed by atoms with van der Waals surface area (Å²) in [4.78, 5) is 15.7. The summed E-state index contributed by atoms with van der Waals surface area (Å²) in [6, 6.07) is 11.8. The van der Waals surface area contributed by atoms with Crippen LogP contribution in [0.1, 0.15) is 35.7 Å². The van der Waals surface area contributed by atoms with Gasteiger partial charge in [0.1, 0.15) is 0 Å². The molecular weight excluding hydrogens is 428 g/mol. The van der Waals surface area contributed by atoms with E-state index in [2.05, 4.69) is 11.6 Å². The van der Waals surface area contributed by atoms with E-state index in [0.717, 1.165) is 17.7 Å². The topological polar surface area (TPSA) is 66.5 Å². The number of thioether (sulfide) groups is 1. The van der Waals surface area contributed by atoms with E-state index in [-0.39, 0.29) is 17.3 Å². The van der Waals surface area contributed by atoms with Crippen LogP contribution in [0.3, 0.4) is 0 Å². The van der Waals surface area contributed by atoms with Crippen LogP contribution in [0.4, 0.5) is 0 Å². The molecule has 0 bridgehead atoms. The van der Waals surface area contributed by atoms with Crippen molar-refractivity contribution in [1.82, 2.24) is 9.62 Å². The molecule has 1 aliphatic rings. The fourth-order valence-corrected chi connectivity index (χ4v) is 5.11. The summed E-state index contributed by atoms with van der Waals surface area (Å²) in [7, 11) is -3.78. The molecule has 0 aromatic heterocycles. The van der Waals surface area contributed by atoms with Gasteiger partial charge >= 0.3 is 0 Å². The average molecular weight is 453 g/mol. The highest BCUT2D eigenvalue weighted by molar-refractivity contribution is 7.98. The number of carbonyl (C=O) groups excluding carboxylic acids is 1. The predicted molar refractivity (Wildman–Crippen MR) is 118 cm³/mol. The summed E-state index contributed by atoms with van der Waals surface area (Å²) >= 11 is 7.55. The SMILES string of the molecule is CSc1ccc(S(=O)(=O)NCc2ccccc2Cl)cc1C(=O)N1CCC(C)CC1. The van der Waals surface area contributed by atoms with Crippen molar-refractivity contribution < 1.29 is 13.2 Å². The van der Waals surface area contributed by atoms with E-state index >= 15 is 0 Å². The number of nitrogens with one attached hydrogen (secondary N) is 1. The Labute approximate surface area is 181 Å². The summed E-state index contributed by atoms with van der Waals surface area (Å²) in [5, 5.41) is 0.503. The number of hydrogen-bond acceptors (Lipinski definition) is 4. The van der Waals surface area contributed by atoms with Crippen LogP contribution in [0.2, 0.25) is 5.02 Å². The number of halogens is 1. The van der Waals surface area contributed by atoms with Gasteiger partial charge in [0.25, 0.3) is 5.91 Å². The van der Waals surface area contributed by atoms with Crippen LogP contribution >= 0.6 is 23.4 Å². The largest absolute Gasteiger partial charge is 0.339 e. The van der Waals surface area contributed by atoms with Gasteiger partial charge in [-0.25, -0.2) is 13.1 Å². The van der Waals surface area contributed by atoms with E-state index in [1.807, 2.05) is 11.2 Å². The molecular formula is C21H25ClN2O3S2. The zero-order valence-corrected chi connectivity index (χ0v) is 18.9. The number of sulfonamides is 1. The Morgan fingerprint density at radius 1 is 1.21 bits per heavy atom. The molecule has 0 saturated carbocycles. The number of likely N-dealkylation sites (tertiary alicyclic amines) is 1. The molecule has 29 heavy (non-hydrogen) atoms. The van der Waals surface area contributed by atoms with Crippen LogP contribution in [0.15, 0.2) is 52.3 Å². The molecule has 0 unspecified atom stereocenters. The van der Waals surface area contributed by atoms with Crippen molar-refractivity contribution in [1.29, 1.82) is 0 Å². The number of rotatable bonds is 6. The molecule has 8 heteroatoms. The third kappa shape index (κ3) is 5.34. The standard InChI is InChI=1S/C21H25ClN2O3S2/c1-15-9-11-24(12-10-15)21(25)18-13-17(7-8-20(18)28-2)29(26,27)23-14-16-5-3-4-6-19(16)22/h3-8,13,15,23H,9-12,14H2,1-2H3. The highest BCUT2D eigenvalue weighted by Crippen LogP contribution is 2.27. The summed E-state index contributed by atoms with van der Waals surface area (Å²) in [5.41, 5.74) is 1.13. The minimum absolute atomic E-state index is 0.0797. The van der Waals surface area contributed by atoms with E-state index in [0.29, 0.717) is 35.2 Å². The molecule has 0 spiro atoms. The Bertz CT molecular complexity index is 987. The van der Waals surface area contributed by atoms with Crippen molar-refractivity contribution in [2.75, 3.05) is 19.3 Å². The molecule has 0 radical (unpaired) electrons. The molecule has 3 rings (SSSR count). The van der Waals surface area contributed by atoms with Gasteiger partial charge in [-0.1, -0.05) is 36.7 Å². The molecule has 5 nitrogen and oxygen atoms in total. The van der Waals surface area contributed by atoms with Crippen molar-refractivity contribution in [3.05, 3.63) is 58.6 Å². The lowest BCUT2D eigenvalue weighted by atomic mass is 9.98. The number of carbonyl (C=O) groups is 1. The summed E-state index contributed by atoms with van der Waals surface area (Å²) in [5.74, 6) is 0.504. The molecule has 156 valence electrons. The van der Waals surface area contributed by atoms with Gasteiger partial charge in [0.15, 0.2) is 0 Å². The van der Waals surface area contributed by atoms with Crippen molar-refractivity contribution in [2.24, 2.45) is 5.92 Å². The van der Waals surface area contributed by atoms with Crippen molar-refractivity contribution in [3.63, 3.8) is 0 Å². The zero-order chi connectivity index (χ0) is 21.0. The van der Waals surface area contributed by atoms with Crippen LogP contribution in [0, 0.1) is 5.92 Å². The lowest BCUT2D eigenvalue weighted by Gasteiger charge is -2.30. The second kappa shape index (κ2) is 9.51. The quantitative estimate of drug-likeness (QED) is 0.659. The minimum atomic E-state index is -3.78. The molecule has 0 atom stereocenters. The van der Waals surface area contributed by atoms with E-state index in [4.69, 9.17) is 11.6 Å². The maximum absolute atomic E-state index is 13.1.